The summed E-state index contributed by atoms with van der Waals surface area (Å²) in [5.41, 5.74) is 2.71. The summed E-state index contributed by atoms with van der Waals surface area (Å²) in [5.74, 6) is 0.0678. The number of halogens is 2. The molecule has 25 heavy (non-hydrogen) atoms. The zero-order valence-corrected chi connectivity index (χ0v) is 15.5. The molecule has 7 heteroatoms. The minimum absolute atomic E-state index is 0.0678. The third-order valence-corrected chi connectivity index (χ3v) is 4.77. The van der Waals surface area contributed by atoms with Crippen LogP contribution in [0.2, 0.25) is 5.02 Å². The van der Waals surface area contributed by atoms with Crippen LogP contribution < -0.4 is 0 Å². The highest BCUT2D eigenvalue weighted by molar-refractivity contribution is 9.10. The van der Waals surface area contributed by atoms with Gasteiger partial charge in [-0.25, -0.2) is 0 Å². The molecule has 0 aliphatic heterocycles. The Morgan fingerprint density at radius 1 is 1.08 bits per heavy atom. The van der Waals surface area contributed by atoms with Crippen molar-refractivity contribution in [2.75, 3.05) is 0 Å². The van der Waals surface area contributed by atoms with E-state index < -0.39 is 0 Å². The van der Waals surface area contributed by atoms with Crippen LogP contribution in [0.3, 0.4) is 0 Å². The molecule has 0 aliphatic rings. The maximum absolute atomic E-state index is 10.4. The zero-order chi connectivity index (χ0) is 17.6. The Labute approximate surface area is 156 Å². The summed E-state index contributed by atoms with van der Waals surface area (Å²) < 4.78 is 2.59. The highest BCUT2D eigenvalue weighted by Gasteiger charge is 2.14. The van der Waals surface area contributed by atoms with Crippen LogP contribution in [-0.4, -0.2) is 14.7 Å². The highest BCUT2D eigenvalue weighted by Crippen LogP contribution is 2.40. The van der Waals surface area contributed by atoms with Gasteiger partial charge < -0.3 is 9.67 Å². The summed E-state index contributed by atoms with van der Waals surface area (Å²) in [4.78, 5) is 4.30. The first-order valence-electron chi connectivity index (χ1n) is 7.47. The summed E-state index contributed by atoms with van der Waals surface area (Å²) in [6.45, 7) is 0. The van der Waals surface area contributed by atoms with Crippen molar-refractivity contribution in [2.24, 2.45) is 17.3 Å². The lowest BCUT2D eigenvalue weighted by molar-refractivity contribution is 0.436. The molecule has 5 nitrogen and oxygen atoms in total. The largest absolute Gasteiger partial charge is 0.493 e. The van der Waals surface area contributed by atoms with Gasteiger partial charge in [-0.05, 0) is 42.5 Å². The van der Waals surface area contributed by atoms with Crippen molar-refractivity contribution in [3.8, 4) is 5.88 Å². The molecule has 0 unspecified atom stereocenters. The van der Waals surface area contributed by atoms with Gasteiger partial charge in [-0.1, -0.05) is 27.5 Å². The molecule has 124 valence electrons. The maximum Gasteiger partial charge on any atom is 0.220 e. The van der Waals surface area contributed by atoms with Gasteiger partial charge in [-0.15, -0.1) is 10.2 Å². The van der Waals surface area contributed by atoms with E-state index >= 15 is 0 Å². The first-order chi connectivity index (χ1) is 12.0. The Bertz CT molecular complexity index is 1150. The van der Waals surface area contributed by atoms with Crippen molar-refractivity contribution >= 4 is 60.7 Å². The number of pyridine rings is 1. The van der Waals surface area contributed by atoms with E-state index in [1.807, 2.05) is 24.3 Å². The van der Waals surface area contributed by atoms with Crippen LogP contribution in [0.25, 0.3) is 21.8 Å². The summed E-state index contributed by atoms with van der Waals surface area (Å²) >= 11 is 9.47. The summed E-state index contributed by atoms with van der Waals surface area (Å²) in [5, 5.41) is 21.3. The Morgan fingerprint density at radius 2 is 1.92 bits per heavy atom. The van der Waals surface area contributed by atoms with Crippen LogP contribution in [0.5, 0.6) is 5.88 Å². The Balaban J connectivity index is 1.87. The number of hydrogen-bond donors (Lipinski definition) is 1. The normalized spacial score (nSPS) is 11.8. The third kappa shape index (κ3) is 2.77. The predicted molar refractivity (Wildman–Crippen MR) is 103 cm³/mol. The number of rotatable bonds is 2. The fourth-order valence-electron chi connectivity index (χ4n) is 2.78. The topological polar surface area (TPSA) is 62.8 Å². The van der Waals surface area contributed by atoms with E-state index in [2.05, 4.69) is 31.1 Å². The molecular weight excluding hydrogens is 404 g/mol. The lowest BCUT2D eigenvalue weighted by Gasteiger charge is -2.01. The van der Waals surface area contributed by atoms with Crippen LogP contribution in [0.15, 0.2) is 63.4 Å². The molecule has 1 N–H and O–H groups in total. The zero-order valence-electron chi connectivity index (χ0n) is 13.1. The smallest absolute Gasteiger partial charge is 0.220 e. The van der Waals surface area contributed by atoms with E-state index in [9.17, 15) is 5.11 Å². The molecule has 0 saturated heterocycles. The van der Waals surface area contributed by atoms with E-state index in [0.717, 1.165) is 26.3 Å². The number of azo groups is 1. The molecule has 0 saturated carbocycles. The Kier molecular flexibility index (Phi) is 3.94. The highest BCUT2D eigenvalue weighted by atomic mass is 79.9. The van der Waals surface area contributed by atoms with Crippen molar-refractivity contribution in [3.05, 3.63) is 58.2 Å². The van der Waals surface area contributed by atoms with E-state index in [-0.39, 0.29) is 5.88 Å². The molecule has 0 radical (unpaired) electrons. The number of benzene rings is 2. The molecule has 4 rings (SSSR count). The maximum atomic E-state index is 10.4. The van der Waals surface area contributed by atoms with Gasteiger partial charge in [0.25, 0.3) is 0 Å². The number of aromatic nitrogens is 2. The van der Waals surface area contributed by atoms with Crippen molar-refractivity contribution in [2.45, 2.75) is 0 Å². The second-order valence-electron chi connectivity index (χ2n) is 5.58. The molecule has 0 spiro atoms. The van der Waals surface area contributed by atoms with Gasteiger partial charge in [0.1, 0.15) is 0 Å². The molecule has 0 aliphatic carbocycles. The first kappa shape index (κ1) is 16.1. The summed E-state index contributed by atoms with van der Waals surface area (Å²) in [7, 11) is 1.79. The van der Waals surface area contributed by atoms with E-state index in [0.29, 0.717) is 16.4 Å². The van der Waals surface area contributed by atoms with E-state index in [4.69, 9.17) is 11.6 Å². The van der Waals surface area contributed by atoms with Gasteiger partial charge in [-0.3, -0.25) is 4.98 Å². The molecular formula is C18H12BrClN4O. The van der Waals surface area contributed by atoms with E-state index in [1.165, 1.54) is 0 Å². The lowest BCUT2D eigenvalue weighted by atomic mass is 10.2. The number of nitrogens with zero attached hydrogens (tertiary/aromatic N) is 4. The van der Waals surface area contributed by atoms with Gasteiger partial charge in [0.15, 0.2) is 5.69 Å². The Hall–Kier alpha value is -2.44. The molecule has 2 heterocycles. The number of aromatic hydroxyl groups is 1. The molecule has 2 aromatic carbocycles. The number of aryl methyl sites for hydroxylation is 1. The second-order valence-corrected chi connectivity index (χ2v) is 6.94. The third-order valence-electron chi connectivity index (χ3n) is 4.04. The van der Waals surface area contributed by atoms with Crippen LogP contribution in [-0.2, 0) is 7.05 Å². The van der Waals surface area contributed by atoms with Crippen molar-refractivity contribution in [1.29, 1.82) is 0 Å². The SMILES string of the molecule is Cn1c(O)c(N=Nc2ccnc3cc(Cl)ccc23)c2cc(Br)ccc21. The standard InChI is InChI=1S/C18H12BrClN4O/c1-24-16-5-2-10(19)8-13(16)17(18(24)25)23-22-14-6-7-21-15-9-11(20)3-4-12(14)15/h2-9,25H,1H3. The van der Waals surface area contributed by atoms with Crippen molar-refractivity contribution < 1.29 is 5.11 Å². The molecule has 0 bridgehead atoms. The summed E-state index contributed by atoms with van der Waals surface area (Å²) in [6, 6.07) is 13.0. The van der Waals surface area contributed by atoms with Gasteiger partial charge in [-0.2, -0.15) is 0 Å². The van der Waals surface area contributed by atoms with E-state index in [1.54, 1.807) is 36.0 Å². The minimum atomic E-state index is 0.0678. The average molecular weight is 416 g/mol. The van der Waals surface area contributed by atoms with Crippen LogP contribution in [0.4, 0.5) is 11.4 Å². The average Bonchev–Trinajstić information content (AvgIpc) is 2.83. The van der Waals surface area contributed by atoms with Gasteiger partial charge in [0.05, 0.1) is 16.7 Å². The van der Waals surface area contributed by atoms with Gasteiger partial charge >= 0.3 is 0 Å². The first-order valence-corrected chi connectivity index (χ1v) is 8.64. The molecule has 0 fully saturated rings. The number of fused-ring (bicyclic) bond motifs is 2. The van der Waals surface area contributed by atoms with Gasteiger partial charge in [0, 0.05) is 33.5 Å². The Morgan fingerprint density at radius 3 is 2.76 bits per heavy atom. The lowest BCUT2D eigenvalue weighted by Crippen LogP contribution is -1.84. The van der Waals surface area contributed by atoms with Crippen LogP contribution in [0, 0.1) is 0 Å². The van der Waals surface area contributed by atoms with Gasteiger partial charge in [0.2, 0.25) is 5.88 Å². The fourth-order valence-corrected chi connectivity index (χ4v) is 3.31. The molecule has 4 aromatic rings. The second kappa shape index (κ2) is 6.13. The fraction of sp³-hybridized carbons (Fsp3) is 0.0556. The van der Waals surface area contributed by atoms with Crippen molar-refractivity contribution in [1.82, 2.24) is 9.55 Å². The molecule has 2 aromatic heterocycles. The predicted octanol–water partition coefficient (Wildman–Crippen LogP) is 6.26. The molecule has 0 atom stereocenters. The quantitative estimate of drug-likeness (QED) is 0.392. The van der Waals surface area contributed by atoms with Crippen LogP contribution >= 0.6 is 27.5 Å². The monoisotopic (exact) mass is 414 g/mol. The number of hydrogen-bond acceptors (Lipinski definition) is 4. The summed E-state index contributed by atoms with van der Waals surface area (Å²) in [6.07, 6.45) is 1.66. The van der Waals surface area contributed by atoms with Crippen molar-refractivity contribution in [3.63, 3.8) is 0 Å². The molecule has 0 amide bonds. The minimum Gasteiger partial charge on any atom is -0.493 e. The van der Waals surface area contributed by atoms with Crippen LogP contribution in [0.1, 0.15) is 0 Å².